The lowest BCUT2D eigenvalue weighted by atomic mass is 10.1. The molecule has 0 saturated carbocycles. The van der Waals surface area contributed by atoms with Crippen LogP contribution < -0.4 is 0 Å². The fourth-order valence-corrected chi connectivity index (χ4v) is 4.98. The summed E-state index contributed by atoms with van der Waals surface area (Å²) in [5, 5.41) is 7.48. The molecule has 2 heterocycles. The topological polar surface area (TPSA) is 104 Å². The molecule has 2 atom stereocenters. The number of rotatable bonds is 8. The van der Waals surface area contributed by atoms with Gasteiger partial charge in [-0.2, -0.15) is 0 Å². The van der Waals surface area contributed by atoms with Crippen molar-refractivity contribution in [2.75, 3.05) is 12.4 Å². The van der Waals surface area contributed by atoms with E-state index in [-0.39, 0.29) is 30.8 Å². The number of amides is 1. The van der Waals surface area contributed by atoms with Gasteiger partial charge in [-0.1, -0.05) is 65.9 Å². The third-order valence-corrected chi connectivity index (χ3v) is 6.49. The third kappa shape index (κ3) is 5.45. The molecule has 34 heavy (non-hydrogen) atoms. The van der Waals surface area contributed by atoms with Crippen LogP contribution in [0.5, 0.6) is 0 Å². The van der Waals surface area contributed by atoms with Gasteiger partial charge in [0.05, 0.1) is 12.8 Å². The van der Waals surface area contributed by atoms with E-state index in [4.69, 9.17) is 9.47 Å². The number of nitrogens with zero attached hydrogens (tertiary/aromatic N) is 4. The highest BCUT2D eigenvalue weighted by Crippen LogP contribution is 2.42. The molecular weight excluding hydrogens is 456 g/mol. The second-order valence-corrected chi connectivity index (χ2v) is 8.64. The lowest BCUT2D eigenvalue weighted by Crippen LogP contribution is -2.44. The summed E-state index contributed by atoms with van der Waals surface area (Å²) in [6.07, 6.45) is 1.39. The Morgan fingerprint density at radius 2 is 1.74 bits per heavy atom. The minimum absolute atomic E-state index is 0.0357. The Morgan fingerprint density at radius 1 is 1.03 bits per heavy atom. The molecule has 10 heteroatoms. The molecule has 0 aliphatic carbocycles. The molecule has 1 saturated heterocycles. The van der Waals surface area contributed by atoms with Crippen LogP contribution in [0.2, 0.25) is 0 Å². The largest absolute Gasteiger partial charge is 0.464 e. The Hall–Kier alpha value is -3.66. The molecule has 1 aliphatic heterocycles. The number of carbonyl (C=O) groups is 3. The molecule has 0 bridgehead atoms. The van der Waals surface area contributed by atoms with Crippen molar-refractivity contribution in [1.82, 2.24) is 19.9 Å². The second-order valence-electron chi connectivity index (χ2n) is 7.52. The number of esters is 2. The van der Waals surface area contributed by atoms with Crippen LogP contribution in [-0.4, -0.2) is 56.1 Å². The van der Waals surface area contributed by atoms with Gasteiger partial charge in [0.2, 0.25) is 0 Å². The predicted octanol–water partition coefficient (Wildman–Crippen LogP) is 2.84. The van der Waals surface area contributed by atoms with Crippen LogP contribution in [0, 0.1) is 0 Å². The van der Waals surface area contributed by atoms with Crippen LogP contribution >= 0.6 is 11.8 Å². The predicted molar refractivity (Wildman–Crippen MR) is 124 cm³/mol. The maximum absolute atomic E-state index is 13.4. The first-order chi connectivity index (χ1) is 16.6. The average Bonchev–Trinajstić information content (AvgIpc) is 3.51. The summed E-state index contributed by atoms with van der Waals surface area (Å²) in [4.78, 5) is 39.7. The molecule has 1 fully saturated rings. The lowest BCUT2D eigenvalue weighted by Gasteiger charge is -2.27. The third-order valence-electron chi connectivity index (χ3n) is 5.17. The molecule has 1 aromatic heterocycles. The molecule has 4 rings (SSSR count). The summed E-state index contributed by atoms with van der Waals surface area (Å²) in [6.45, 7) is 1.90. The Bertz CT molecular complexity index is 1140. The highest BCUT2D eigenvalue weighted by molar-refractivity contribution is 7.99. The number of benzene rings is 2. The number of aromatic nitrogens is 3. The standard InChI is InChI=1S/C24H24N4O5S/c1-2-32-24(31)20-16-34-23(18-11-7-4-8-12-18)28(20)22(30)19-13-27(26-25-19)14-21(29)33-15-17-9-5-3-6-10-17/h3-13,20,23H,2,14-16H2,1H3/t20-,23?/m0/s1. The van der Waals surface area contributed by atoms with Gasteiger partial charge in [0, 0.05) is 5.75 Å². The average molecular weight is 481 g/mol. The molecule has 0 spiro atoms. The van der Waals surface area contributed by atoms with Crippen molar-refractivity contribution in [2.45, 2.75) is 31.5 Å². The quantitative estimate of drug-likeness (QED) is 0.454. The van der Waals surface area contributed by atoms with E-state index < -0.39 is 23.9 Å². The van der Waals surface area contributed by atoms with Gasteiger partial charge in [0.25, 0.3) is 5.91 Å². The summed E-state index contributed by atoms with van der Waals surface area (Å²) >= 11 is 1.49. The molecule has 0 N–H and O–H groups in total. The van der Waals surface area contributed by atoms with E-state index >= 15 is 0 Å². The van der Waals surface area contributed by atoms with Gasteiger partial charge in [-0.25, -0.2) is 9.48 Å². The van der Waals surface area contributed by atoms with Crippen LogP contribution in [0.1, 0.15) is 33.9 Å². The zero-order chi connectivity index (χ0) is 23.9. The summed E-state index contributed by atoms with van der Waals surface area (Å²) in [5.41, 5.74) is 1.80. The number of hydrogen-bond acceptors (Lipinski definition) is 8. The van der Waals surface area contributed by atoms with Crippen molar-refractivity contribution < 1.29 is 23.9 Å². The van der Waals surface area contributed by atoms with Crippen molar-refractivity contribution in [3.05, 3.63) is 83.7 Å². The first-order valence-corrected chi connectivity index (χ1v) is 11.9. The van der Waals surface area contributed by atoms with Crippen molar-refractivity contribution in [1.29, 1.82) is 0 Å². The smallest absolute Gasteiger partial charge is 0.329 e. The van der Waals surface area contributed by atoms with Crippen LogP contribution in [0.4, 0.5) is 0 Å². The summed E-state index contributed by atoms with van der Waals surface area (Å²) in [7, 11) is 0. The van der Waals surface area contributed by atoms with Gasteiger partial charge in [0.1, 0.15) is 24.6 Å². The van der Waals surface area contributed by atoms with Crippen molar-refractivity contribution in [3.8, 4) is 0 Å². The SMILES string of the molecule is CCOC(=O)[C@@H]1CSC(c2ccccc2)N1C(=O)c1cn(CC(=O)OCc2ccccc2)nn1. The van der Waals surface area contributed by atoms with Crippen LogP contribution in [0.15, 0.2) is 66.9 Å². The molecule has 2 aromatic carbocycles. The van der Waals surface area contributed by atoms with E-state index in [0.717, 1.165) is 11.1 Å². The van der Waals surface area contributed by atoms with Gasteiger partial charge in [0.15, 0.2) is 5.69 Å². The molecule has 0 radical (unpaired) electrons. The van der Waals surface area contributed by atoms with Crippen LogP contribution in [-0.2, 0) is 32.2 Å². The highest BCUT2D eigenvalue weighted by Gasteiger charge is 2.44. The molecule has 1 aliphatic rings. The minimum Gasteiger partial charge on any atom is -0.464 e. The molecule has 176 valence electrons. The fourth-order valence-electron chi connectivity index (χ4n) is 3.57. The van der Waals surface area contributed by atoms with Crippen LogP contribution in [0.3, 0.4) is 0 Å². The maximum Gasteiger partial charge on any atom is 0.329 e. The molecular formula is C24H24N4O5S. The second kappa shape index (κ2) is 11.0. The Morgan fingerprint density at radius 3 is 2.44 bits per heavy atom. The van der Waals surface area contributed by atoms with Gasteiger partial charge in [-0.05, 0) is 18.1 Å². The first kappa shape index (κ1) is 23.5. The van der Waals surface area contributed by atoms with E-state index in [1.807, 2.05) is 60.7 Å². The van der Waals surface area contributed by atoms with E-state index in [9.17, 15) is 14.4 Å². The minimum atomic E-state index is -0.747. The van der Waals surface area contributed by atoms with Crippen molar-refractivity contribution >= 4 is 29.6 Å². The fraction of sp³-hybridized carbons (Fsp3) is 0.292. The maximum atomic E-state index is 13.4. The van der Waals surface area contributed by atoms with E-state index in [0.29, 0.717) is 5.75 Å². The molecule has 1 unspecified atom stereocenters. The van der Waals surface area contributed by atoms with Gasteiger partial charge >= 0.3 is 11.9 Å². The molecule has 1 amide bonds. The van der Waals surface area contributed by atoms with E-state index in [2.05, 4.69) is 10.3 Å². The zero-order valence-corrected chi connectivity index (χ0v) is 19.4. The number of carbonyl (C=O) groups excluding carboxylic acids is 3. The number of thioether (sulfide) groups is 1. The number of hydrogen-bond donors (Lipinski definition) is 0. The van der Waals surface area contributed by atoms with Gasteiger partial charge in [-0.15, -0.1) is 16.9 Å². The van der Waals surface area contributed by atoms with Crippen LogP contribution in [0.25, 0.3) is 0 Å². The van der Waals surface area contributed by atoms with Gasteiger partial charge in [-0.3, -0.25) is 9.59 Å². The van der Waals surface area contributed by atoms with Gasteiger partial charge < -0.3 is 14.4 Å². The Kier molecular flexibility index (Phi) is 7.58. The highest BCUT2D eigenvalue weighted by atomic mass is 32.2. The van der Waals surface area contributed by atoms with Crippen molar-refractivity contribution in [2.24, 2.45) is 0 Å². The lowest BCUT2D eigenvalue weighted by molar-refractivity contribution is -0.147. The van der Waals surface area contributed by atoms with E-state index in [1.54, 1.807) is 6.92 Å². The summed E-state index contributed by atoms with van der Waals surface area (Å²) in [5.74, 6) is -1.01. The Labute approximate surface area is 201 Å². The molecule has 9 nitrogen and oxygen atoms in total. The number of ether oxygens (including phenoxy) is 2. The monoisotopic (exact) mass is 480 g/mol. The molecule has 3 aromatic rings. The zero-order valence-electron chi connectivity index (χ0n) is 18.6. The Balaban J connectivity index is 1.47. The summed E-state index contributed by atoms with van der Waals surface area (Å²) < 4.78 is 11.7. The summed E-state index contributed by atoms with van der Waals surface area (Å²) in [6, 6.07) is 18.0. The van der Waals surface area contributed by atoms with Crippen molar-refractivity contribution in [3.63, 3.8) is 0 Å². The normalized spacial score (nSPS) is 17.4. The van der Waals surface area contributed by atoms with E-state index in [1.165, 1.54) is 27.5 Å². The first-order valence-electron chi connectivity index (χ1n) is 10.8.